The molecule has 0 aliphatic rings. The van der Waals surface area contributed by atoms with Gasteiger partial charge in [0.1, 0.15) is 0 Å². The molecular weight excluding hydrogens is 234 g/mol. The Balaban J connectivity index is 2.24. The lowest BCUT2D eigenvalue weighted by molar-refractivity contribution is 0.374. The molecular formula is C16H23N3. The van der Waals surface area contributed by atoms with Gasteiger partial charge in [-0.3, -0.25) is 16.3 Å². The molecule has 1 heterocycles. The molecule has 0 amide bonds. The van der Waals surface area contributed by atoms with E-state index >= 15 is 0 Å². The molecule has 1 aromatic heterocycles. The second kappa shape index (κ2) is 6.64. The number of nitrogens with zero attached hydrogens (tertiary/aromatic N) is 1. The van der Waals surface area contributed by atoms with Crippen LogP contribution in [0.5, 0.6) is 0 Å². The van der Waals surface area contributed by atoms with Crippen molar-refractivity contribution in [2.45, 2.75) is 39.2 Å². The largest absolute Gasteiger partial charge is 0.271 e. The number of nitrogens with two attached hydrogens (primary N) is 1. The highest BCUT2D eigenvalue weighted by atomic mass is 15.2. The molecule has 3 N–H and O–H groups in total. The summed E-state index contributed by atoms with van der Waals surface area (Å²) < 4.78 is 0. The van der Waals surface area contributed by atoms with Crippen LogP contribution in [0.25, 0.3) is 10.9 Å². The maximum absolute atomic E-state index is 5.73. The van der Waals surface area contributed by atoms with E-state index < -0.39 is 0 Å². The molecule has 0 aliphatic heterocycles. The van der Waals surface area contributed by atoms with E-state index in [4.69, 9.17) is 5.84 Å². The first-order chi connectivity index (χ1) is 9.28. The molecule has 0 spiro atoms. The molecule has 0 bridgehead atoms. The standard InChI is InChI=1S/C16H23N3/c1-3-12(4-2)9-16(19-17)14-10-13-7-5-6-8-15(13)18-11-14/h5-8,10-12,16,19H,3-4,9,17H2,1-2H3. The third kappa shape index (κ3) is 3.31. The van der Waals surface area contributed by atoms with Crippen molar-refractivity contribution in [1.29, 1.82) is 0 Å². The Bertz CT molecular complexity index is 520. The second-order valence-electron chi connectivity index (χ2n) is 5.10. The van der Waals surface area contributed by atoms with E-state index in [9.17, 15) is 0 Å². The van der Waals surface area contributed by atoms with E-state index in [1.165, 1.54) is 23.8 Å². The molecule has 1 aromatic carbocycles. The normalized spacial score (nSPS) is 13.1. The summed E-state index contributed by atoms with van der Waals surface area (Å²) in [7, 11) is 0. The summed E-state index contributed by atoms with van der Waals surface area (Å²) in [6.45, 7) is 4.47. The topological polar surface area (TPSA) is 50.9 Å². The average Bonchev–Trinajstić information content (AvgIpc) is 2.48. The highest BCUT2D eigenvalue weighted by molar-refractivity contribution is 5.78. The van der Waals surface area contributed by atoms with Gasteiger partial charge in [-0.15, -0.1) is 0 Å². The number of hydrogen-bond acceptors (Lipinski definition) is 3. The molecule has 1 atom stereocenters. The maximum Gasteiger partial charge on any atom is 0.0702 e. The van der Waals surface area contributed by atoms with Crippen molar-refractivity contribution < 1.29 is 0 Å². The number of hydrogen-bond donors (Lipinski definition) is 2. The van der Waals surface area contributed by atoms with Gasteiger partial charge in [-0.05, 0) is 30.0 Å². The van der Waals surface area contributed by atoms with Crippen LogP contribution in [0.4, 0.5) is 0 Å². The van der Waals surface area contributed by atoms with Crippen LogP contribution in [0.1, 0.15) is 44.7 Å². The molecule has 2 aromatic rings. The Hall–Kier alpha value is -1.45. The molecule has 0 saturated carbocycles. The van der Waals surface area contributed by atoms with Crippen molar-refractivity contribution in [2.75, 3.05) is 0 Å². The molecule has 0 aliphatic carbocycles. The van der Waals surface area contributed by atoms with Gasteiger partial charge in [0.25, 0.3) is 0 Å². The van der Waals surface area contributed by atoms with Gasteiger partial charge in [-0.2, -0.15) is 0 Å². The van der Waals surface area contributed by atoms with Crippen LogP contribution in [0, 0.1) is 5.92 Å². The number of benzene rings is 1. The smallest absolute Gasteiger partial charge is 0.0702 e. The molecule has 0 fully saturated rings. The fraction of sp³-hybridized carbons (Fsp3) is 0.438. The van der Waals surface area contributed by atoms with Gasteiger partial charge in [-0.25, -0.2) is 0 Å². The molecule has 2 rings (SSSR count). The molecule has 102 valence electrons. The lowest BCUT2D eigenvalue weighted by Crippen LogP contribution is -2.29. The Morgan fingerprint density at radius 2 is 1.95 bits per heavy atom. The van der Waals surface area contributed by atoms with E-state index in [1.807, 2.05) is 24.4 Å². The monoisotopic (exact) mass is 257 g/mol. The summed E-state index contributed by atoms with van der Waals surface area (Å²) in [5, 5.41) is 1.17. The van der Waals surface area contributed by atoms with Crippen molar-refractivity contribution >= 4 is 10.9 Å². The first-order valence-corrected chi connectivity index (χ1v) is 7.09. The van der Waals surface area contributed by atoms with E-state index in [-0.39, 0.29) is 6.04 Å². The van der Waals surface area contributed by atoms with Crippen molar-refractivity contribution in [2.24, 2.45) is 11.8 Å². The van der Waals surface area contributed by atoms with Crippen LogP contribution in [0.2, 0.25) is 0 Å². The van der Waals surface area contributed by atoms with Gasteiger partial charge < -0.3 is 0 Å². The fourth-order valence-corrected chi connectivity index (χ4v) is 2.53. The Labute approximate surface area is 115 Å². The van der Waals surface area contributed by atoms with Gasteiger partial charge in [0.15, 0.2) is 0 Å². The molecule has 0 saturated heterocycles. The van der Waals surface area contributed by atoms with E-state index in [0.717, 1.165) is 11.9 Å². The molecule has 3 nitrogen and oxygen atoms in total. The Morgan fingerprint density at radius 1 is 1.21 bits per heavy atom. The number of fused-ring (bicyclic) bond motifs is 1. The molecule has 19 heavy (non-hydrogen) atoms. The Morgan fingerprint density at radius 3 is 2.63 bits per heavy atom. The van der Waals surface area contributed by atoms with Gasteiger partial charge in [0, 0.05) is 17.6 Å². The minimum absolute atomic E-state index is 0.182. The predicted octanol–water partition coefficient (Wildman–Crippen LogP) is 3.57. The molecule has 3 heteroatoms. The number of para-hydroxylation sites is 1. The minimum Gasteiger partial charge on any atom is -0.271 e. The zero-order valence-electron chi connectivity index (χ0n) is 11.8. The van der Waals surface area contributed by atoms with Crippen molar-refractivity contribution in [3.63, 3.8) is 0 Å². The quantitative estimate of drug-likeness (QED) is 0.614. The summed E-state index contributed by atoms with van der Waals surface area (Å²) in [6, 6.07) is 10.6. The third-order valence-electron chi connectivity index (χ3n) is 3.94. The lowest BCUT2D eigenvalue weighted by Gasteiger charge is -2.21. The highest BCUT2D eigenvalue weighted by Crippen LogP contribution is 2.26. The van der Waals surface area contributed by atoms with Crippen LogP contribution < -0.4 is 11.3 Å². The average molecular weight is 257 g/mol. The van der Waals surface area contributed by atoms with Crippen molar-refractivity contribution in [3.05, 3.63) is 42.1 Å². The number of hydrazine groups is 1. The van der Waals surface area contributed by atoms with Gasteiger partial charge in [0.2, 0.25) is 0 Å². The van der Waals surface area contributed by atoms with Crippen molar-refractivity contribution in [3.8, 4) is 0 Å². The first kappa shape index (κ1) is 14.0. The van der Waals surface area contributed by atoms with Gasteiger partial charge >= 0.3 is 0 Å². The first-order valence-electron chi connectivity index (χ1n) is 7.09. The van der Waals surface area contributed by atoms with Crippen LogP contribution in [-0.2, 0) is 0 Å². The van der Waals surface area contributed by atoms with E-state index in [1.54, 1.807) is 0 Å². The summed E-state index contributed by atoms with van der Waals surface area (Å²) in [6.07, 6.45) is 5.38. The molecule has 1 unspecified atom stereocenters. The fourth-order valence-electron chi connectivity index (χ4n) is 2.53. The molecule has 0 radical (unpaired) electrons. The summed E-state index contributed by atoms with van der Waals surface area (Å²) >= 11 is 0. The van der Waals surface area contributed by atoms with Crippen LogP contribution in [0.15, 0.2) is 36.5 Å². The number of rotatable bonds is 6. The lowest BCUT2D eigenvalue weighted by atomic mass is 9.91. The zero-order valence-corrected chi connectivity index (χ0v) is 11.8. The third-order valence-corrected chi connectivity index (χ3v) is 3.94. The minimum atomic E-state index is 0.182. The highest BCUT2D eigenvalue weighted by Gasteiger charge is 2.15. The SMILES string of the molecule is CCC(CC)CC(NN)c1cnc2ccccc2c1. The van der Waals surface area contributed by atoms with Crippen LogP contribution in [0.3, 0.4) is 0 Å². The second-order valence-corrected chi connectivity index (χ2v) is 5.10. The van der Waals surface area contributed by atoms with Crippen LogP contribution >= 0.6 is 0 Å². The van der Waals surface area contributed by atoms with E-state index in [2.05, 4.69) is 36.4 Å². The number of aromatic nitrogens is 1. The van der Waals surface area contributed by atoms with E-state index in [0.29, 0.717) is 5.92 Å². The maximum atomic E-state index is 5.73. The summed E-state index contributed by atoms with van der Waals surface area (Å²) in [4.78, 5) is 4.51. The zero-order chi connectivity index (χ0) is 13.7. The number of pyridine rings is 1. The van der Waals surface area contributed by atoms with Crippen molar-refractivity contribution in [1.82, 2.24) is 10.4 Å². The number of nitrogens with one attached hydrogen (secondary N) is 1. The Kier molecular flexibility index (Phi) is 4.88. The van der Waals surface area contributed by atoms with Gasteiger partial charge in [0.05, 0.1) is 5.52 Å². The van der Waals surface area contributed by atoms with Crippen LogP contribution in [-0.4, -0.2) is 4.98 Å². The van der Waals surface area contributed by atoms with Gasteiger partial charge in [-0.1, -0.05) is 44.9 Å². The summed E-state index contributed by atoms with van der Waals surface area (Å²) in [5.41, 5.74) is 5.15. The predicted molar refractivity (Wildman–Crippen MR) is 80.5 cm³/mol. The summed E-state index contributed by atoms with van der Waals surface area (Å²) in [5.74, 6) is 6.43.